The van der Waals surface area contributed by atoms with Gasteiger partial charge in [-0.2, -0.15) is 8.42 Å². The van der Waals surface area contributed by atoms with Crippen molar-refractivity contribution in [3.8, 4) is 0 Å². The van der Waals surface area contributed by atoms with Crippen LogP contribution in [-0.4, -0.2) is 29.7 Å². The molecular weight excluding hydrogens is 492 g/mol. The van der Waals surface area contributed by atoms with Gasteiger partial charge in [0.15, 0.2) is 0 Å². The quantitative estimate of drug-likeness (QED) is 0.164. The van der Waals surface area contributed by atoms with Gasteiger partial charge >= 0.3 is 22.4 Å². The SMILES string of the molecule is CCCCCCCCC(C(=O)[O-])C(CCCCCCCC)(C(=O)[O-])S(=O)(=O)O.[Ag+2]. The standard InChI is InChI=1S/C20H38O7S.Ag/c1-3-5-7-9-11-13-15-17(18(21)22)20(19(23)24,28(25,26)27)16-14-12-10-8-6-4-2;/h17H,3-16H2,1-2H3,(H,21,22)(H,23,24)(H,25,26,27);/q;+2/p-2. The van der Waals surface area contributed by atoms with Gasteiger partial charge in [0.2, 0.25) is 0 Å². The van der Waals surface area contributed by atoms with Crippen LogP contribution in [0.5, 0.6) is 0 Å². The van der Waals surface area contributed by atoms with E-state index in [-0.39, 0.29) is 35.2 Å². The molecule has 175 valence electrons. The molecule has 0 fully saturated rings. The summed E-state index contributed by atoms with van der Waals surface area (Å²) in [5, 5.41) is 23.5. The van der Waals surface area contributed by atoms with Crippen molar-refractivity contribution < 1.29 is 55.2 Å². The molecule has 0 bridgehead atoms. The van der Waals surface area contributed by atoms with Crippen molar-refractivity contribution >= 4 is 22.1 Å². The topological polar surface area (TPSA) is 135 Å². The van der Waals surface area contributed by atoms with Crippen molar-refractivity contribution in [2.75, 3.05) is 0 Å². The Balaban J connectivity index is 0. The second-order valence-corrected chi connectivity index (χ2v) is 9.28. The van der Waals surface area contributed by atoms with E-state index in [0.29, 0.717) is 19.3 Å². The summed E-state index contributed by atoms with van der Waals surface area (Å²) in [5.41, 5.74) is 0. The van der Waals surface area contributed by atoms with Crippen molar-refractivity contribution in [3.05, 3.63) is 0 Å². The van der Waals surface area contributed by atoms with Crippen molar-refractivity contribution in [1.29, 1.82) is 0 Å². The molecule has 0 aliphatic heterocycles. The Kier molecular flexibility index (Phi) is 17.3. The number of carboxylic acid groups (broad SMARTS) is 2. The summed E-state index contributed by atoms with van der Waals surface area (Å²) >= 11 is 0. The van der Waals surface area contributed by atoms with E-state index >= 15 is 0 Å². The summed E-state index contributed by atoms with van der Waals surface area (Å²) in [5.74, 6) is -5.68. The maximum atomic E-state index is 12.0. The van der Waals surface area contributed by atoms with E-state index in [1.54, 1.807) is 0 Å². The minimum Gasteiger partial charge on any atom is -0.550 e. The molecule has 0 amide bonds. The molecule has 0 aromatic rings. The first-order valence-electron chi connectivity index (χ1n) is 10.5. The minimum atomic E-state index is -5.20. The monoisotopic (exact) mass is 527 g/mol. The van der Waals surface area contributed by atoms with E-state index in [2.05, 4.69) is 6.92 Å². The van der Waals surface area contributed by atoms with Crippen molar-refractivity contribution in [2.24, 2.45) is 5.92 Å². The molecule has 2 atom stereocenters. The third-order valence-electron chi connectivity index (χ3n) is 5.40. The molecule has 2 unspecified atom stereocenters. The molecule has 1 radical (unpaired) electrons. The minimum absolute atomic E-state index is 0. The van der Waals surface area contributed by atoms with Crippen LogP contribution in [0.15, 0.2) is 0 Å². The first-order valence-corrected chi connectivity index (χ1v) is 12.0. The van der Waals surface area contributed by atoms with Gasteiger partial charge in [0.25, 0.3) is 10.1 Å². The zero-order valence-electron chi connectivity index (χ0n) is 17.6. The fraction of sp³-hybridized carbons (Fsp3) is 0.900. The van der Waals surface area contributed by atoms with E-state index in [0.717, 1.165) is 51.4 Å². The molecular formula is C20H36AgO7S. The van der Waals surface area contributed by atoms with Crippen LogP contribution in [0, 0.1) is 5.92 Å². The summed E-state index contributed by atoms with van der Waals surface area (Å²) < 4.78 is 30.9. The number of aliphatic carboxylic acids is 2. The van der Waals surface area contributed by atoms with E-state index in [1.165, 1.54) is 0 Å². The first-order chi connectivity index (χ1) is 13.1. The normalized spacial score (nSPS) is 14.6. The fourth-order valence-electron chi connectivity index (χ4n) is 3.67. The average Bonchev–Trinajstić information content (AvgIpc) is 2.60. The maximum absolute atomic E-state index is 12.0. The van der Waals surface area contributed by atoms with Crippen LogP contribution >= 0.6 is 0 Å². The molecule has 0 saturated carbocycles. The van der Waals surface area contributed by atoms with Gasteiger partial charge in [0.1, 0.15) is 4.75 Å². The number of hydrogen-bond acceptors (Lipinski definition) is 6. The summed E-state index contributed by atoms with van der Waals surface area (Å²) in [6, 6.07) is 0. The van der Waals surface area contributed by atoms with Gasteiger partial charge in [0, 0.05) is 11.9 Å². The van der Waals surface area contributed by atoms with E-state index in [1.807, 2.05) is 6.92 Å². The number of carbonyl (C=O) groups excluding carboxylic acids is 2. The Morgan fingerprint density at radius 2 is 1.24 bits per heavy atom. The van der Waals surface area contributed by atoms with Crippen molar-refractivity contribution in [1.82, 2.24) is 0 Å². The summed E-state index contributed by atoms with van der Waals surface area (Å²) in [7, 11) is -5.20. The molecule has 0 aliphatic rings. The maximum Gasteiger partial charge on any atom is 2.00 e. The molecule has 0 aliphatic carbocycles. The molecule has 0 saturated heterocycles. The van der Waals surface area contributed by atoms with Gasteiger partial charge < -0.3 is 19.8 Å². The van der Waals surface area contributed by atoms with Gasteiger partial charge in [0.05, 0.1) is 5.97 Å². The van der Waals surface area contributed by atoms with Crippen LogP contribution in [0.4, 0.5) is 0 Å². The largest absolute Gasteiger partial charge is 2.00 e. The van der Waals surface area contributed by atoms with Crippen LogP contribution in [0.2, 0.25) is 0 Å². The summed E-state index contributed by atoms with van der Waals surface area (Å²) in [6.07, 6.45) is 8.78. The first kappa shape index (κ1) is 30.8. The summed E-state index contributed by atoms with van der Waals surface area (Å²) in [6.45, 7) is 4.11. The molecule has 9 heteroatoms. The second-order valence-electron chi connectivity index (χ2n) is 7.60. The molecule has 0 aromatic heterocycles. The number of unbranched alkanes of at least 4 members (excludes halogenated alkanes) is 10. The average molecular weight is 528 g/mol. The van der Waals surface area contributed by atoms with Crippen LogP contribution in [0.1, 0.15) is 104 Å². The zero-order chi connectivity index (χ0) is 21.6. The second kappa shape index (κ2) is 16.3. The fourth-order valence-corrected chi connectivity index (χ4v) is 4.86. The Morgan fingerprint density at radius 1 is 0.828 bits per heavy atom. The zero-order valence-corrected chi connectivity index (χ0v) is 19.9. The van der Waals surface area contributed by atoms with Crippen LogP contribution in [0.3, 0.4) is 0 Å². The summed E-state index contributed by atoms with van der Waals surface area (Å²) in [4.78, 5) is 23.5. The smallest absolute Gasteiger partial charge is 0.550 e. The van der Waals surface area contributed by atoms with Gasteiger partial charge in [-0.05, 0) is 12.8 Å². The number of carbonyl (C=O) groups is 2. The molecule has 0 aromatic carbocycles. The van der Waals surface area contributed by atoms with E-state index in [4.69, 9.17) is 0 Å². The molecule has 7 nitrogen and oxygen atoms in total. The Morgan fingerprint density at radius 3 is 1.62 bits per heavy atom. The van der Waals surface area contributed by atoms with Crippen LogP contribution in [0.25, 0.3) is 0 Å². The predicted octanol–water partition coefficient (Wildman–Crippen LogP) is 2.23. The molecule has 0 heterocycles. The molecule has 0 rings (SSSR count). The van der Waals surface area contributed by atoms with Crippen molar-refractivity contribution in [2.45, 2.75) is 108 Å². The predicted molar refractivity (Wildman–Crippen MR) is 104 cm³/mol. The van der Waals surface area contributed by atoms with Crippen LogP contribution < -0.4 is 10.2 Å². The Hall–Kier alpha value is -0.410. The third kappa shape index (κ3) is 10.4. The van der Waals surface area contributed by atoms with Crippen molar-refractivity contribution in [3.63, 3.8) is 0 Å². The van der Waals surface area contributed by atoms with Gasteiger partial charge in [-0.1, -0.05) is 90.9 Å². The number of rotatable bonds is 18. The van der Waals surface area contributed by atoms with E-state index in [9.17, 15) is 32.8 Å². The molecule has 29 heavy (non-hydrogen) atoms. The van der Waals surface area contributed by atoms with Gasteiger partial charge in [-0.25, -0.2) is 0 Å². The van der Waals surface area contributed by atoms with Gasteiger partial charge in [-0.3, -0.25) is 4.55 Å². The number of carboxylic acids is 2. The van der Waals surface area contributed by atoms with Crippen LogP contribution in [-0.2, 0) is 42.1 Å². The molecule has 1 N–H and O–H groups in total. The van der Waals surface area contributed by atoms with E-state index < -0.39 is 39.1 Å². The van der Waals surface area contributed by atoms with Gasteiger partial charge in [-0.15, -0.1) is 0 Å². The number of hydrogen-bond donors (Lipinski definition) is 1. The third-order valence-corrected chi connectivity index (χ3v) is 6.98. The Labute approximate surface area is 191 Å². The molecule has 0 spiro atoms. The Bertz CT molecular complexity index is 565.